The van der Waals surface area contributed by atoms with Gasteiger partial charge >= 0.3 is 0 Å². The third kappa shape index (κ3) is 4.78. The smallest absolute Gasteiger partial charge is 0.237 e. The minimum absolute atomic E-state index is 0.0511. The molecule has 0 aromatic carbocycles. The summed E-state index contributed by atoms with van der Waals surface area (Å²) >= 11 is 0. The molecule has 2 N–H and O–H groups in total. The molecule has 22 heavy (non-hydrogen) atoms. The highest BCUT2D eigenvalue weighted by atomic mass is 16.2. The van der Waals surface area contributed by atoms with E-state index in [0.29, 0.717) is 0 Å². The Morgan fingerprint density at radius 2 is 2.09 bits per heavy atom. The summed E-state index contributed by atoms with van der Waals surface area (Å²) in [6, 6.07) is -0.0511. The van der Waals surface area contributed by atoms with E-state index in [1.54, 1.807) is 0 Å². The van der Waals surface area contributed by atoms with Crippen LogP contribution in [0.25, 0.3) is 0 Å². The number of nitrogens with one attached hydrogen (secondary N) is 2. The monoisotopic (exact) mass is 308 g/mol. The molecular formula is C15H28N6O. The van der Waals surface area contributed by atoms with Crippen LogP contribution in [-0.2, 0) is 11.3 Å². The lowest BCUT2D eigenvalue weighted by atomic mass is 10.2. The Balaban J connectivity index is 1.72. The second kappa shape index (κ2) is 8.24. The molecule has 0 spiro atoms. The first-order valence-corrected chi connectivity index (χ1v) is 8.22. The minimum atomic E-state index is -0.0511. The molecule has 1 aromatic rings. The summed E-state index contributed by atoms with van der Waals surface area (Å²) in [7, 11) is 0. The average Bonchev–Trinajstić information content (AvgIpc) is 2.92. The number of aryl methyl sites for hydroxylation is 1. The Labute approximate surface area is 132 Å². The summed E-state index contributed by atoms with van der Waals surface area (Å²) in [5.74, 6) is 1.84. The predicted octanol–water partition coefficient (Wildman–Crippen LogP) is 0.536. The Bertz CT molecular complexity index is 466. The van der Waals surface area contributed by atoms with Crippen molar-refractivity contribution < 1.29 is 4.79 Å². The highest BCUT2D eigenvalue weighted by molar-refractivity contribution is 5.81. The van der Waals surface area contributed by atoms with Crippen molar-refractivity contribution >= 4 is 5.91 Å². The molecule has 124 valence electrons. The number of hydrogen-bond acceptors (Lipinski definition) is 5. The van der Waals surface area contributed by atoms with Gasteiger partial charge in [0, 0.05) is 32.7 Å². The van der Waals surface area contributed by atoms with Gasteiger partial charge in [-0.15, -0.1) is 0 Å². The van der Waals surface area contributed by atoms with Gasteiger partial charge in [0.25, 0.3) is 0 Å². The van der Waals surface area contributed by atoms with Crippen LogP contribution in [0.15, 0.2) is 0 Å². The van der Waals surface area contributed by atoms with Crippen LogP contribution in [-0.4, -0.2) is 69.7 Å². The van der Waals surface area contributed by atoms with Crippen LogP contribution in [0, 0.1) is 6.92 Å². The van der Waals surface area contributed by atoms with Gasteiger partial charge in [0.05, 0.1) is 12.6 Å². The van der Waals surface area contributed by atoms with E-state index < -0.39 is 0 Å². The fourth-order valence-corrected chi connectivity index (χ4v) is 2.67. The lowest BCUT2D eigenvalue weighted by Crippen LogP contribution is -2.53. The molecule has 1 aliphatic heterocycles. The second-order valence-corrected chi connectivity index (χ2v) is 5.97. The normalized spacial score (nSPS) is 18.3. The van der Waals surface area contributed by atoms with Crippen LogP contribution in [0.2, 0.25) is 0 Å². The van der Waals surface area contributed by atoms with Gasteiger partial charge in [-0.3, -0.25) is 19.7 Å². The molecule has 1 amide bonds. The quantitative estimate of drug-likeness (QED) is 0.719. The molecule has 0 bridgehead atoms. The number of aromatic amines is 1. The van der Waals surface area contributed by atoms with Crippen molar-refractivity contribution in [2.75, 3.05) is 32.7 Å². The number of rotatable bonds is 7. The molecule has 0 saturated carbocycles. The summed E-state index contributed by atoms with van der Waals surface area (Å²) < 4.78 is 0. The standard InChI is InChI=1S/C15H28N6O/c1-4-5-6-16-15(22)12(2)21-9-7-20(8-10-21)11-14-17-13(3)18-19-14/h12H,4-11H2,1-3H3,(H,16,22)(H,17,18,19)/t12-/m1/s1. The molecule has 0 radical (unpaired) electrons. The third-order valence-electron chi connectivity index (χ3n) is 4.17. The summed E-state index contributed by atoms with van der Waals surface area (Å²) in [6.07, 6.45) is 2.15. The number of piperazine rings is 1. The minimum Gasteiger partial charge on any atom is -0.355 e. The van der Waals surface area contributed by atoms with Gasteiger partial charge in [0.15, 0.2) is 5.82 Å². The van der Waals surface area contributed by atoms with Crippen LogP contribution in [0.5, 0.6) is 0 Å². The van der Waals surface area contributed by atoms with Crippen LogP contribution in [0.3, 0.4) is 0 Å². The zero-order chi connectivity index (χ0) is 15.9. The number of nitrogens with zero attached hydrogens (tertiary/aromatic N) is 4. The highest BCUT2D eigenvalue weighted by Crippen LogP contribution is 2.09. The second-order valence-electron chi connectivity index (χ2n) is 5.97. The van der Waals surface area contributed by atoms with E-state index >= 15 is 0 Å². The van der Waals surface area contributed by atoms with Crippen molar-refractivity contribution in [1.29, 1.82) is 0 Å². The molecule has 2 heterocycles. The van der Waals surface area contributed by atoms with Crippen molar-refractivity contribution in [3.05, 3.63) is 11.6 Å². The molecule has 7 heteroatoms. The zero-order valence-corrected chi connectivity index (χ0v) is 13.9. The fourth-order valence-electron chi connectivity index (χ4n) is 2.67. The summed E-state index contributed by atoms with van der Waals surface area (Å²) in [5.41, 5.74) is 0. The number of amides is 1. The third-order valence-corrected chi connectivity index (χ3v) is 4.17. The van der Waals surface area contributed by atoms with Crippen LogP contribution in [0.1, 0.15) is 38.3 Å². The SMILES string of the molecule is CCCCNC(=O)[C@@H](C)N1CCN(Cc2n[nH]c(C)n2)CC1. The zero-order valence-electron chi connectivity index (χ0n) is 13.9. The Kier molecular flexibility index (Phi) is 6.33. The van der Waals surface area contributed by atoms with Crippen LogP contribution >= 0.6 is 0 Å². The molecule has 7 nitrogen and oxygen atoms in total. The number of hydrogen-bond donors (Lipinski definition) is 2. The van der Waals surface area contributed by atoms with Gasteiger partial charge in [0.2, 0.25) is 5.91 Å². The molecule has 1 saturated heterocycles. The number of unbranched alkanes of at least 4 members (excludes halogenated alkanes) is 1. The molecular weight excluding hydrogens is 280 g/mol. The summed E-state index contributed by atoms with van der Waals surface area (Å²) in [6.45, 7) is 11.3. The number of carbonyl (C=O) groups is 1. The predicted molar refractivity (Wildman–Crippen MR) is 85.3 cm³/mol. The van der Waals surface area contributed by atoms with E-state index in [9.17, 15) is 4.79 Å². The van der Waals surface area contributed by atoms with Crippen molar-refractivity contribution in [3.8, 4) is 0 Å². The fraction of sp³-hybridized carbons (Fsp3) is 0.800. The molecule has 0 aliphatic carbocycles. The van der Waals surface area contributed by atoms with Crippen LogP contribution < -0.4 is 5.32 Å². The molecule has 0 unspecified atom stereocenters. The number of carbonyl (C=O) groups excluding carboxylic acids is 1. The Morgan fingerprint density at radius 3 is 2.68 bits per heavy atom. The van der Waals surface area contributed by atoms with Crippen molar-refractivity contribution in [3.63, 3.8) is 0 Å². The molecule has 1 aliphatic rings. The molecule has 1 aromatic heterocycles. The number of aromatic nitrogens is 3. The van der Waals surface area contributed by atoms with Gasteiger partial charge < -0.3 is 5.32 Å². The Hall–Kier alpha value is -1.47. The lowest BCUT2D eigenvalue weighted by Gasteiger charge is -2.36. The van der Waals surface area contributed by atoms with E-state index in [4.69, 9.17) is 0 Å². The maximum Gasteiger partial charge on any atom is 0.237 e. The first-order chi connectivity index (χ1) is 10.6. The maximum absolute atomic E-state index is 12.1. The van der Waals surface area contributed by atoms with Gasteiger partial charge in [-0.25, -0.2) is 4.98 Å². The molecule has 1 fully saturated rings. The van der Waals surface area contributed by atoms with Gasteiger partial charge in [-0.05, 0) is 20.3 Å². The molecule has 1 atom stereocenters. The van der Waals surface area contributed by atoms with E-state index in [1.807, 2.05) is 13.8 Å². The highest BCUT2D eigenvalue weighted by Gasteiger charge is 2.25. The molecule has 2 rings (SSSR count). The van der Waals surface area contributed by atoms with E-state index in [1.165, 1.54) is 0 Å². The van der Waals surface area contributed by atoms with E-state index in [2.05, 4.69) is 37.2 Å². The maximum atomic E-state index is 12.1. The van der Waals surface area contributed by atoms with E-state index in [0.717, 1.165) is 63.8 Å². The average molecular weight is 308 g/mol. The van der Waals surface area contributed by atoms with Gasteiger partial charge in [0.1, 0.15) is 5.82 Å². The van der Waals surface area contributed by atoms with Gasteiger partial charge in [-0.2, -0.15) is 5.10 Å². The van der Waals surface area contributed by atoms with Crippen molar-refractivity contribution in [1.82, 2.24) is 30.3 Å². The number of H-pyrrole nitrogens is 1. The van der Waals surface area contributed by atoms with Crippen molar-refractivity contribution in [2.45, 2.75) is 46.2 Å². The van der Waals surface area contributed by atoms with Crippen LogP contribution in [0.4, 0.5) is 0 Å². The first kappa shape index (κ1) is 16.9. The summed E-state index contributed by atoms with van der Waals surface area (Å²) in [4.78, 5) is 21.0. The first-order valence-electron chi connectivity index (χ1n) is 8.22. The van der Waals surface area contributed by atoms with Crippen molar-refractivity contribution in [2.24, 2.45) is 0 Å². The van der Waals surface area contributed by atoms with Gasteiger partial charge in [-0.1, -0.05) is 13.3 Å². The largest absolute Gasteiger partial charge is 0.355 e. The van der Waals surface area contributed by atoms with E-state index in [-0.39, 0.29) is 11.9 Å². The summed E-state index contributed by atoms with van der Waals surface area (Å²) in [5, 5.41) is 10.1. The Morgan fingerprint density at radius 1 is 1.36 bits per heavy atom. The lowest BCUT2D eigenvalue weighted by molar-refractivity contribution is -0.126. The topological polar surface area (TPSA) is 77.2 Å².